The van der Waals surface area contributed by atoms with Gasteiger partial charge >= 0.3 is 5.97 Å². The van der Waals surface area contributed by atoms with Crippen LogP contribution in [-0.4, -0.2) is 81.4 Å². The lowest BCUT2D eigenvalue weighted by molar-refractivity contribution is -0.151. The number of esters is 1. The first-order valence-electron chi connectivity index (χ1n) is 13.6. The number of halogens is 1. The van der Waals surface area contributed by atoms with Gasteiger partial charge in [-0.25, -0.2) is 4.39 Å². The number of ether oxygens (including phenoxy) is 1. The normalized spacial score (nSPS) is 15.8. The molecule has 1 aliphatic carbocycles. The molecular weight excluding hydrogens is 545 g/mol. The van der Waals surface area contributed by atoms with Gasteiger partial charge in [-0.1, -0.05) is 12.1 Å². The van der Waals surface area contributed by atoms with Crippen LogP contribution in [0.3, 0.4) is 0 Å². The molecule has 13 heteroatoms. The zero-order chi connectivity index (χ0) is 29.6. The molecule has 12 nitrogen and oxygen atoms in total. The lowest BCUT2D eigenvalue weighted by Crippen LogP contribution is -2.63. The minimum atomic E-state index is -0.596. The summed E-state index contributed by atoms with van der Waals surface area (Å²) < 4.78 is 23.4. The standard InChI is InChI=1S/C29H30FN7O5/c1-17(38)35-15-29(16-35)8-19(9-29)37-25-7-21(23(30)6-18(25)10-34-37)20-4-3-5-24-22(20)11-33-36(24)14-27(40)31-12-26(39)32-13-28(41)42-2/h3-7,10-11,19H,8-9,12-16H2,1-2H3,(H,31,40)(H,32,39). The molecule has 0 bridgehead atoms. The summed E-state index contributed by atoms with van der Waals surface area (Å²) in [7, 11) is 1.21. The van der Waals surface area contributed by atoms with Crippen LogP contribution in [0.2, 0.25) is 0 Å². The number of hydrogen-bond acceptors (Lipinski definition) is 7. The highest BCUT2D eigenvalue weighted by molar-refractivity contribution is 5.98. The van der Waals surface area contributed by atoms with Gasteiger partial charge in [0.25, 0.3) is 0 Å². The van der Waals surface area contributed by atoms with E-state index in [2.05, 4.69) is 25.6 Å². The van der Waals surface area contributed by atoms with Gasteiger partial charge in [0.15, 0.2) is 0 Å². The Labute approximate surface area is 239 Å². The van der Waals surface area contributed by atoms with Crippen molar-refractivity contribution in [3.05, 3.63) is 48.5 Å². The monoisotopic (exact) mass is 575 g/mol. The second-order valence-electron chi connectivity index (χ2n) is 11.1. The Morgan fingerprint density at radius 2 is 1.76 bits per heavy atom. The third-order valence-electron chi connectivity index (χ3n) is 8.24. The summed E-state index contributed by atoms with van der Waals surface area (Å²) in [4.78, 5) is 49.0. The molecule has 218 valence electrons. The van der Waals surface area contributed by atoms with Crippen LogP contribution in [0.1, 0.15) is 25.8 Å². The number of likely N-dealkylation sites (tertiary alicyclic amines) is 1. The molecule has 4 aromatic rings. The quantitative estimate of drug-likeness (QED) is 0.305. The van der Waals surface area contributed by atoms with Crippen molar-refractivity contribution in [1.29, 1.82) is 0 Å². The molecule has 0 atom stereocenters. The fraction of sp³-hybridized carbons (Fsp3) is 0.379. The molecule has 2 aliphatic rings. The van der Waals surface area contributed by atoms with E-state index in [1.54, 1.807) is 31.5 Å². The van der Waals surface area contributed by atoms with Crippen LogP contribution in [0.5, 0.6) is 0 Å². The molecule has 2 aromatic heterocycles. The molecule has 2 aromatic carbocycles. The van der Waals surface area contributed by atoms with Gasteiger partial charge in [-0.2, -0.15) is 10.2 Å². The first kappa shape index (κ1) is 27.4. The lowest BCUT2D eigenvalue weighted by Gasteiger charge is -2.58. The number of aromatic nitrogens is 4. The molecule has 42 heavy (non-hydrogen) atoms. The van der Waals surface area contributed by atoms with Crippen molar-refractivity contribution < 1.29 is 28.3 Å². The molecule has 6 rings (SSSR count). The molecule has 0 radical (unpaired) electrons. The first-order valence-corrected chi connectivity index (χ1v) is 13.6. The van der Waals surface area contributed by atoms with E-state index in [1.165, 1.54) is 17.9 Å². The van der Waals surface area contributed by atoms with Crippen molar-refractivity contribution in [2.75, 3.05) is 33.3 Å². The zero-order valence-electron chi connectivity index (χ0n) is 23.2. The number of rotatable bonds is 8. The van der Waals surface area contributed by atoms with E-state index in [-0.39, 0.29) is 42.8 Å². The molecule has 1 aliphatic heterocycles. The molecule has 2 N–H and O–H groups in total. The summed E-state index contributed by atoms with van der Waals surface area (Å²) in [6.07, 6.45) is 5.13. The van der Waals surface area contributed by atoms with Crippen molar-refractivity contribution in [1.82, 2.24) is 35.1 Å². The average Bonchev–Trinajstić information content (AvgIpc) is 3.52. The Hall–Kier alpha value is -4.81. The summed E-state index contributed by atoms with van der Waals surface area (Å²) >= 11 is 0. The second kappa shape index (κ2) is 10.5. The van der Waals surface area contributed by atoms with Crippen molar-refractivity contribution in [3.8, 4) is 11.1 Å². The summed E-state index contributed by atoms with van der Waals surface area (Å²) in [6, 6.07) is 8.88. The van der Waals surface area contributed by atoms with Crippen LogP contribution >= 0.6 is 0 Å². The first-order chi connectivity index (χ1) is 20.2. The van der Waals surface area contributed by atoms with Gasteiger partial charge in [-0.3, -0.25) is 28.5 Å². The highest BCUT2D eigenvalue weighted by Gasteiger charge is 2.54. The maximum absolute atomic E-state index is 15.4. The Morgan fingerprint density at radius 1 is 1.00 bits per heavy atom. The number of hydrogen-bond donors (Lipinski definition) is 2. The highest BCUT2D eigenvalue weighted by Crippen LogP contribution is 2.54. The third kappa shape index (κ3) is 4.95. The van der Waals surface area contributed by atoms with Crippen LogP contribution in [-0.2, 0) is 30.5 Å². The number of nitrogens with zero attached hydrogens (tertiary/aromatic N) is 5. The average molecular weight is 576 g/mol. The fourth-order valence-electron chi connectivity index (χ4n) is 6.06. The Balaban J connectivity index is 1.18. The van der Waals surface area contributed by atoms with Crippen LogP contribution in [0, 0.1) is 11.2 Å². The number of carbonyl (C=O) groups is 4. The van der Waals surface area contributed by atoms with E-state index >= 15 is 4.39 Å². The molecule has 3 amide bonds. The predicted molar refractivity (Wildman–Crippen MR) is 149 cm³/mol. The predicted octanol–water partition coefficient (Wildman–Crippen LogP) is 1.78. The lowest BCUT2D eigenvalue weighted by atomic mass is 9.60. The van der Waals surface area contributed by atoms with E-state index in [0.717, 1.165) is 31.4 Å². The van der Waals surface area contributed by atoms with Crippen LogP contribution in [0.4, 0.5) is 4.39 Å². The van der Waals surface area contributed by atoms with Gasteiger partial charge in [0, 0.05) is 41.8 Å². The van der Waals surface area contributed by atoms with Crippen molar-refractivity contribution in [2.45, 2.75) is 32.4 Å². The maximum Gasteiger partial charge on any atom is 0.325 e. The smallest absolute Gasteiger partial charge is 0.325 e. The Bertz CT molecular complexity index is 1730. The fourth-order valence-corrected chi connectivity index (χ4v) is 6.06. The molecule has 1 saturated carbocycles. The molecule has 3 heterocycles. The number of methoxy groups -OCH3 is 1. The Kier molecular flexibility index (Phi) is 6.87. The topological polar surface area (TPSA) is 140 Å². The van der Waals surface area contributed by atoms with E-state index < -0.39 is 17.8 Å². The third-order valence-corrected chi connectivity index (χ3v) is 8.24. The SMILES string of the molecule is COC(=O)CNC(=O)CNC(=O)Cn1ncc2c(-c3cc4c(cnn4C4CC5(C4)CN(C(C)=O)C5)cc3F)cccc21. The number of carbonyl (C=O) groups excluding carboxylic acids is 4. The molecule has 1 saturated heterocycles. The summed E-state index contributed by atoms with van der Waals surface area (Å²) in [6.45, 7) is 2.40. The van der Waals surface area contributed by atoms with E-state index in [4.69, 9.17) is 0 Å². The number of fused-ring (bicyclic) bond motifs is 2. The van der Waals surface area contributed by atoms with E-state index in [9.17, 15) is 19.2 Å². The largest absolute Gasteiger partial charge is 0.468 e. The van der Waals surface area contributed by atoms with Gasteiger partial charge in [0.05, 0.1) is 43.1 Å². The van der Waals surface area contributed by atoms with E-state index in [0.29, 0.717) is 27.4 Å². The van der Waals surface area contributed by atoms with Crippen LogP contribution < -0.4 is 10.6 Å². The van der Waals surface area contributed by atoms with E-state index in [1.807, 2.05) is 21.7 Å². The number of amides is 3. The van der Waals surface area contributed by atoms with Crippen molar-refractivity contribution in [2.24, 2.45) is 5.41 Å². The minimum absolute atomic E-state index is 0.103. The molecular formula is C29H30FN7O5. The van der Waals surface area contributed by atoms with Gasteiger partial charge in [-0.15, -0.1) is 0 Å². The summed E-state index contributed by atoms with van der Waals surface area (Å²) in [5.74, 6) is -1.87. The van der Waals surface area contributed by atoms with Crippen molar-refractivity contribution >= 4 is 45.5 Å². The van der Waals surface area contributed by atoms with Gasteiger partial charge in [-0.05, 0) is 36.6 Å². The van der Waals surface area contributed by atoms with Gasteiger partial charge in [0.1, 0.15) is 18.9 Å². The number of benzene rings is 2. The maximum atomic E-state index is 15.4. The Morgan fingerprint density at radius 3 is 2.50 bits per heavy atom. The van der Waals surface area contributed by atoms with Crippen molar-refractivity contribution in [3.63, 3.8) is 0 Å². The zero-order valence-corrected chi connectivity index (χ0v) is 23.2. The summed E-state index contributed by atoms with van der Waals surface area (Å²) in [5.41, 5.74) is 2.67. The van der Waals surface area contributed by atoms with Crippen LogP contribution in [0.25, 0.3) is 32.9 Å². The van der Waals surface area contributed by atoms with Gasteiger partial charge < -0.3 is 20.3 Å². The number of nitrogens with one attached hydrogen (secondary N) is 2. The highest BCUT2D eigenvalue weighted by atomic mass is 19.1. The summed E-state index contributed by atoms with van der Waals surface area (Å²) in [5, 5.41) is 15.2. The van der Waals surface area contributed by atoms with Crippen LogP contribution in [0.15, 0.2) is 42.7 Å². The second-order valence-corrected chi connectivity index (χ2v) is 11.1. The molecule has 2 fully saturated rings. The molecule has 0 unspecified atom stereocenters. The molecule has 1 spiro atoms. The minimum Gasteiger partial charge on any atom is -0.468 e. The van der Waals surface area contributed by atoms with Gasteiger partial charge in [0.2, 0.25) is 17.7 Å².